The maximum atomic E-state index is 14.1. The van der Waals surface area contributed by atoms with Crippen molar-refractivity contribution in [3.8, 4) is 11.3 Å². The summed E-state index contributed by atoms with van der Waals surface area (Å²) in [4.78, 5) is 43.9. The van der Waals surface area contributed by atoms with E-state index in [1.165, 1.54) is 23.5 Å². The first-order valence-electron chi connectivity index (χ1n) is 17.4. The van der Waals surface area contributed by atoms with Crippen LogP contribution in [0.2, 0.25) is 0 Å². The maximum absolute atomic E-state index is 14.1. The Labute approximate surface area is 288 Å². The minimum Gasteiger partial charge on any atom is -0.474 e. The van der Waals surface area contributed by atoms with Crippen molar-refractivity contribution in [2.24, 2.45) is 0 Å². The number of aliphatic hydroxyl groups excluding tert-OH is 1. The number of thioether (sulfide) groups is 1. The lowest BCUT2D eigenvalue weighted by atomic mass is 9.99. The number of aliphatic carboxylic acids is 1. The fraction of sp³-hybridized carbons (Fsp3) is 0.647. The number of likely N-dealkylation sites (tertiary alicyclic amines) is 3. The van der Waals surface area contributed by atoms with E-state index in [-0.39, 0.29) is 36.5 Å². The number of amides is 2. The van der Waals surface area contributed by atoms with E-state index in [2.05, 4.69) is 9.80 Å². The number of carboxylic acids is 1. The van der Waals surface area contributed by atoms with Crippen molar-refractivity contribution in [2.45, 2.75) is 87.7 Å². The highest BCUT2D eigenvalue weighted by atomic mass is 32.2. The van der Waals surface area contributed by atoms with Gasteiger partial charge in [-0.15, -0.1) is 11.8 Å². The molecule has 0 saturated carbocycles. The van der Waals surface area contributed by atoms with Gasteiger partial charge >= 0.3 is 18.1 Å². The topological polar surface area (TPSA) is 122 Å². The van der Waals surface area contributed by atoms with E-state index in [1.54, 1.807) is 4.68 Å². The molecule has 15 heteroatoms. The van der Waals surface area contributed by atoms with Crippen LogP contribution in [0.1, 0.15) is 61.8 Å². The number of nitrogens with zero attached hydrogens (tertiary/aromatic N) is 6. The van der Waals surface area contributed by atoms with Gasteiger partial charge in [-0.1, -0.05) is 12.5 Å². The number of fused-ring (bicyclic) bond motifs is 1. The smallest absolute Gasteiger partial charge is 0.417 e. The second-order valence-corrected chi connectivity index (χ2v) is 14.7. The normalized spacial score (nSPS) is 20.5. The van der Waals surface area contributed by atoms with Crippen LogP contribution in [0.15, 0.2) is 23.1 Å². The quantitative estimate of drug-likeness (QED) is 0.282. The van der Waals surface area contributed by atoms with Crippen LogP contribution in [0, 0.1) is 0 Å². The number of carbonyl (C=O) groups is 3. The number of hydrogen-bond acceptors (Lipinski definition) is 8. The summed E-state index contributed by atoms with van der Waals surface area (Å²) in [5, 5.41) is 25.4. The molecule has 3 fully saturated rings. The molecule has 0 radical (unpaired) electrons. The number of β-amino-alcohol motifs (C(OH)–C–C–N with tert-alkyl or cyclic N) is 1. The van der Waals surface area contributed by atoms with E-state index < -0.39 is 29.7 Å². The second kappa shape index (κ2) is 15.4. The van der Waals surface area contributed by atoms with Gasteiger partial charge in [0, 0.05) is 85.6 Å². The number of benzene rings is 1. The maximum Gasteiger partial charge on any atom is 0.417 e. The Morgan fingerprint density at radius 1 is 0.959 bits per heavy atom. The molecule has 5 heterocycles. The Morgan fingerprint density at radius 2 is 1.71 bits per heavy atom. The lowest BCUT2D eigenvalue weighted by molar-refractivity contribution is -0.156. The van der Waals surface area contributed by atoms with E-state index in [4.69, 9.17) is 5.10 Å². The zero-order valence-electron chi connectivity index (χ0n) is 27.7. The number of alkyl halides is 3. The van der Waals surface area contributed by atoms with Gasteiger partial charge in [-0.3, -0.25) is 14.3 Å². The van der Waals surface area contributed by atoms with Gasteiger partial charge in [0.2, 0.25) is 5.91 Å². The van der Waals surface area contributed by atoms with Crippen LogP contribution < -0.4 is 0 Å². The van der Waals surface area contributed by atoms with Crippen molar-refractivity contribution in [1.82, 2.24) is 29.4 Å². The molecule has 11 nitrogen and oxygen atoms in total. The molecule has 2 aromatic rings. The molecule has 0 bridgehead atoms. The van der Waals surface area contributed by atoms with Crippen LogP contribution in [0.25, 0.3) is 11.3 Å². The van der Waals surface area contributed by atoms with E-state index >= 15 is 0 Å². The van der Waals surface area contributed by atoms with Gasteiger partial charge in [-0.25, -0.2) is 4.79 Å². The van der Waals surface area contributed by atoms with E-state index in [0.717, 1.165) is 88.4 Å². The molecule has 4 aliphatic rings. The SMILES string of the molecule is O=C(O)C(=O)N1CCc2c(c(-c3ccc(C(F)(F)F)c(SCCN4CCCCC4)c3)nn2CC(O)CN2CCC(N3CCCC3=O)CC2)C1. The molecular weight excluding hydrogens is 661 g/mol. The number of piperidine rings is 2. The highest BCUT2D eigenvalue weighted by molar-refractivity contribution is 7.99. The van der Waals surface area contributed by atoms with Crippen LogP contribution in [-0.2, 0) is 40.1 Å². The van der Waals surface area contributed by atoms with Gasteiger partial charge in [0.25, 0.3) is 0 Å². The highest BCUT2D eigenvalue weighted by Gasteiger charge is 2.36. The van der Waals surface area contributed by atoms with Crippen LogP contribution in [0.5, 0.6) is 0 Å². The molecule has 0 aliphatic carbocycles. The van der Waals surface area contributed by atoms with Gasteiger partial charge in [0.15, 0.2) is 0 Å². The largest absolute Gasteiger partial charge is 0.474 e. The molecule has 0 spiro atoms. The van der Waals surface area contributed by atoms with Gasteiger partial charge in [-0.2, -0.15) is 18.3 Å². The molecular formula is C34H45F3N6O5S. The van der Waals surface area contributed by atoms with Gasteiger partial charge in [0.1, 0.15) is 0 Å². The zero-order chi connectivity index (χ0) is 34.7. The fourth-order valence-corrected chi connectivity index (χ4v) is 8.82. The summed E-state index contributed by atoms with van der Waals surface area (Å²) >= 11 is 1.16. The molecule has 4 aliphatic heterocycles. The molecule has 2 N–H and O–H groups in total. The standard InChI is InChI=1S/C34H45F3N6O5S/c35-34(36,37)27-7-6-23(19-29(27)49-18-17-39-11-2-1-3-12-39)31-26-22-41(32(46)33(47)48)16-10-28(26)43(38-31)21-25(44)20-40-14-8-24(9-15-40)42-13-4-5-30(42)45/h6-7,19,24-25,44H,1-5,8-18,20-22H2,(H,47,48). The number of hydrogen-bond donors (Lipinski definition) is 2. The monoisotopic (exact) mass is 706 g/mol. The summed E-state index contributed by atoms with van der Waals surface area (Å²) in [6.07, 6.45) is 1.53. The minimum atomic E-state index is -4.54. The van der Waals surface area contributed by atoms with Gasteiger partial charge < -0.3 is 29.8 Å². The number of carboxylic acid groups (broad SMARTS) is 1. The van der Waals surface area contributed by atoms with E-state index in [9.17, 15) is 37.8 Å². The molecule has 6 rings (SSSR count). The third-order valence-corrected chi connectivity index (χ3v) is 11.3. The fourth-order valence-electron chi connectivity index (χ4n) is 7.70. The first-order chi connectivity index (χ1) is 23.5. The first-order valence-corrected chi connectivity index (χ1v) is 18.3. The third kappa shape index (κ3) is 8.43. The summed E-state index contributed by atoms with van der Waals surface area (Å²) in [7, 11) is 0. The Hall–Kier alpha value is -3.14. The molecule has 268 valence electrons. The number of aliphatic hydroxyl groups is 1. The van der Waals surface area contributed by atoms with Crippen molar-refractivity contribution in [2.75, 3.05) is 58.1 Å². The van der Waals surface area contributed by atoms with Crippen LogP contribution in [0.3, 0.4) is 0 Å². The summed E-state index contributed by atoms with van der Waals surface area (Å²) in [6, 6.07) is 4.19. The summed E-state index contributed by atoms with van der Waals surface area (Å²) in [5.41, 5.74) is 1.42. The molecule has 1 atom stereocenters. The van der Waals surface area contributed by atoms with Gasteiger partial charge in [0.05, 0.1) is 30.5 Å². The number of halogens is 3. The van der Waals surface area contributed by atoms with Crippen LogP contribution in [-0.4, -0.2) is 128 Å². The summed E-state index contributed by atoms with van der Waals surface area (Å²) in [6.45, 7) is 5.54. The van der Waals surface area contributed by atoms with Crippen molar-refractivity contribution < 1.29 is 37.8 Å². The predicted octanol–water partition coefficient (Wildman–Crippen LogP) is 3.56. The number of rotatable bonds is 10. The van der Waals surface area contributed by atoms with Crippen molar-refractivity contribution >= 4 is 29.5 Å². The highest BCUT2D eigenvalue weighted by Crippen LogP contribution is 2.40. The number of carbonyl (C=O) groups excluding carboxylic acids is 2. The van der Waals surface area contributed by atoms with Crippen LogP contribution >= 0.6 is 11.8 Å². The Bertz CT molecular complexity index is 1520. The van der Waals surface area contributed by atoms with Crippen molar-refractivity contribution in [3.05, 3.63) is 35.0 Å². The molecule has 49 heavy (non-hydrogen) atoms. The Kier molecular flexibility index (Phi) is 11.2. The summed E-state index contributed by atoms with van der Waals surface area (Å²) in [5.74, 6) is -1.91. The predicted molar refractivity (Wildman–Crippen MR) is 177 cm³/mol. The van der Waals surface area contributed by atoms with E-state index in [1.807, 2.05) is 4.90 Å². The second-order valence-electron chi connectivity index (χ2n) is 13.6. The van der Waals surface area contributed by atoms with Crippen LogP contribution in [0.4, 0.5) is 13.2 Å². The van der Waals surface area contributed by atoms with E-state index in [0.29, 0.717) is 48.5 Å². The lowest BCUT2D eigenvalue weighted by Crippen LogP contribution is -2.47. The molecule has 1 aromatic heterocycles. The molecule has 3 saturated heterocycles. The first kappa shape index (κ1) is 35.7. The molecule has 2 amide bonds. The minimum absolute atomic E-state index is 0.0485. The zero-order valence-corrected chi connectivity index (χ0v) is 28.5. The summed E-state index contributed by atoms with van der Waals surface area (Å²) < 4.78 is 44.0. The Morgan fingerprint density at radius 3 is 2.39 bits per heavy atom. The average Bonchev–Trinajstić information content (AvgIpc) is 3.67. The van der Waals surface area contributed by atoms with Crippen molar-refractivity contribution in [3.63, 3.8) is 0 Å². The third-order valence-electron chi connectivity index (χ3n) is 10.2. The Balaban J connectivity index is 1.21. The van der Waals surface area contributed by atoms with Crippen molar-refractivity contribution in [1.29, 1.82) is 0 Å². The molecule has 1 aromatic carbocycles. The number of aromatic nitrogens is 2. The molecule has 1 unspecified atom stereocenters. The average molecular weight is 707 g/mol. The van der Waals surface area contributed by atoms with Gasteiger partial charge in [-0.05, 0) is 57.3 Å². The lowest BCUT2D eigenvalue weighted by Gasteiger charge is -2.37.